The average Bonchev–Trinajstić information content (AvgIpc) is 2.38. The zero-order valence-corrected chi connectivity index (χ0v) is 11.7. The van der Waals surface area contributed by atoms with Gasteiger partial charge in [0, 0.05) is 13.1 Å². The first kappa shape index (κ1) is 15.5. The maximum Gasteiger partial charge on any atom is 0.160 e. The highest BCUT2D eigenvalue weighted by atomic mass is 16.5. The highest BCUT2D eigenvalue weighted by molar-refractivity contribution is 5.41. The first-order chi connectivity index (χ1) is 9.06. The van der Waals surface area contributed by atoms with Crippen LogP contribution in [0.4, 0.5) is 0 Å². The van der Waals surface area contributed by atoms with Crippen molar-refractivity contribution >= 4 is 0 Å². The van der Waals surface area contributed by atoms with E-state index in [-0.39, 0.29) is 11.9 Å². The summed E-state index contributed by atoms with van der Waals surface area (Å²) < 4.78 is 5.07. The van der Waals surface area contributed by atoms with Gasteiger partial charge >= 0.3 is 0 Å². The highest BCUT2D eigenvalue weighted by Gasteiger charge is 2.09. The number of nitrogens with zero attached hydrogens (tertiary/aromatic N) is 1. The van der Waals surface area contributed by atoms with E-state index in [2.05, 4.69) is 6.58 Å². The maximum absolute atomic E-state index is 9.82. The van der Waals surface area contributed by atoms with E-state index in [4.69, 9.17) is 4.74 Å². The first-order valence-electron chi connectivity index (χ1n) is 6.40. The summed E-state index contributed by atoms with van der Waals surface area (Å²) in [4.78, 5) is 2.04. The second-order valence-electron chi connectivity index (χ2n) is 4.72. The van der Waals surface area contributed by atoms with Gasteiger partial charge in [-0.2, -0.15) is 0 Å². The molecule has 0 aliphatic heterocycles. The minimum Gasteiger partial charge on any atom is -0.504 e. The Labute approximate surface area is 114 Å². The predicted octanol–water partition coefficient (Wildman–Crippen LogP) is 2.16. The Morgan fingerprint density at radius 2 is 2.21 bits per heavy atom. The van der Waals surface area contributed by atoms with E-state index < -0.39 is 0 Å². The number of hydrogen-bond donors (Lipinski definition) is 2. The number of aliphatic hydroxyl groups is 1. The quantitative estimate of drug-likeness (QED) is 0.707. The molecule has 1 atom stereocenters. The van der Waals surface area contributed by atoms with Crippen LogP contribution < -0.4 is 4.74 Å². The molecule has 0 spiro atoms. The Hall–Kier alpha value is -1.52. The van der Waals surface area contributed by atoms with Crippen LogP contribution >= 0.6 is 0 Å². The minimum atomic E-state index is -0.345. The van der Waals surface area contributed by atoms with Gasteiger partial charge in [-0.3, -0.25) is 4.90 Å². The minimum absolute atomic E-state index is 0.139. The number of ether oxygens (including phenoxy) is 1. The molecule has 4 heteroatoms. The molecule has 1 unspecified atom stereocenters. The SMILES string of the molecule is C=CCCC(O)CN(C)Cc1ccc(O)c(OC)c1. The molecule has 0 radical (unpaired) electrons. The van der Waals surface area contributed by atoms with Crippen molar-refractivity contribution in [1.29, 1.82) is 0 Å². The zero-order valence-electron chi connectivity index (χ0n) is 11.7. The van der Waals surface area contributed by atoms with Crippen molar-refractivity contribution in [2.75, 3.05) is 20.7 Å². The number of phenols is 1. The number of likely N-dealkylation sites (N-methyl/N-ethyl adjacent to an activating group) is 1. The Morgan fingerprint density at radius 3 is 2.84 bits per heavy atom. The molecule has 1 aromatic carbocycles. The van der Waals surface area contributed by atoms with Crippen LogP contribution in [0.15, 0.2) is 30.9 Å². The second kappa shape index (κ2) is 7.81. The topological polar surface area (TPSA) is 52.9 Å². The fourth-order valence-corrected chi connectivity index (χ4v) is 1.96. The Kier molecular flexibility index (Phi) is 6.39. The van der Waals surface area contributed by atoms with Crippen molar-refractivity contribution in [1.82, 2.24) is 4.90 Å². The van der Waals surface area contributed by atoms with Crippen LogP contribution in [-0.2, 0) is 6.54 Å². The molecule has 2 N–H and O–H groups in total. The number of allylic oxidation sites excluding steroid dienone is 1. The molecule has 0 amide bonds. The molecule has 0 aliphatic rings. The summed E-state index contributed by atoms with van der Waals surface area (Å²) in [6.45, 7) is 4.95. The Balaban J connectivity index is 2.51. The number of hydrogen-bond acceptors (Lipinski definition) is 4. The lowest BCUT2D eigenvalue weighted by molar-refractivity contribution is 0.116. The molecule has 0 heterocycles. The predicted molar refractivity (Wildman–Crippen MR) is 76.4 cm³/mol. The van der Waals surface area contributed by atoms with Crippen LogP contribution in [-0.4, -0.2) is 41.9 Å². The maximum atomic E-state index is 9.82. The van der Waals surface area contributed by atoms with E-state index in [1.807, 2.05) is 30.2 Å². The molecule has 1 rings (SSSR count). The fraction of sp³-hybridized carbons (Fsp3) is 0.467. The zero-order chi connectivity index (χ0) is 14.3. The molecule has 0 saturated heterocycles. The molecule has 4 nitrogen and oxygen atoms in total. The van der Waals surface area contributed by atoms with E-state index in [1.54, 1.807) is 6.07 Å². The molecule has 0 bridgehead atoms. The summed E-state index contributed by atoms with van der Waals surface area (Å²) in [5, 5.41) is 19.3. The lowest BCUT2D eigenvalue weighted by atomic mass is 10.1. The van der Waals surface area contributed by atoms with E-state index in [0.717, 1.165) is 18.4 Å². The number of aliphatic hydroxyl groups excluding tert-OH is 1. The fourth-order valence-electron chi connectivity index (χ4n) is 1.96. The van der Waals surface area contributed by atoms with E-state index >= 15 is 0 Å². The summed E-state index contributed by atoms with van der Waals surface area (Å²) in [5.41, 5.74) is 1.04. The molecular formula is C15H23NO3. The lowest BCUT2D eigenvalue weighted by Gasteiger charge is -2.20. The van der Waals surface area contributed by atoms with Gasteiger partial charge in [0.05, 0.1) is 13.2 Å². The molecule has 0 fully saturated rings. The van der Waals surface area contributed by atoms with E-state index in [1.165, 1.54) is 7.11 Å². The molecule has 1 aromatic rings. The van der Waals surface area contributed by atoms with Gasteiger partial charge in [-0.15, -0.1) is 6.58 Å². The van der Waals surface area contributed by atoms with Crippen molar-refractivity contribution in [3.8, 4) is 11.5 Å². The number of aromatic hydroxyl groups is 1. The second-order valence-corrected chi connectivity index (χ2v) is 4.72. The Bertz CT molecular complexity index is 406. The van der Waals surface area contributed by atoms with E-state index in [9.17, 15) is 10.2 Å². The van der Waals surface area contributed by atoms with Gasteiger partial charge in [0.2, 0.25) is 0 Å². The summed E-state index contributed by atoms with van der Waals surface area (Å²) in [5.74, 6) is 0.609. The van der Waals surface area contributed by atoms with Crippen LogP contribution in [0.25, 0.3) is 0 Å². The third kappa shape index (κ3) is 5.32. The third-order valence-electron chi connectivity index (χ3n) is 2.92. The van der Waals surface area contributed by atoms with Gasteiger partial charge in [0.15, 0.2) is 11.5 Å². The summed E-state index contributed by atoms with van der Waals surface area (Å²) >= 11 is 0. The van der Waals surface area contributed by atoms with Crippen LogP contribution in [0.1, 0.15) is 18.4 Å². The highest BCUT2D eigenvalue weighted by Crippen LogP contribution is 2.26. The van der Waals surface area contributed by atoms with Crippen molar-refractivity contribution in [2.24, 2.45) is 0 Å². The van der Waals surface area contributed by atoms with Gasteiger partial charge < -0.3 is 14.9 Å². The lowest BCUT2D eigenvalue weighted by Crippen LogP contribution is -2.28. The summed E-state index contributed by atoms with van der Waals surface area (Å²) in [6, 6.07) is 5.28. The standard InChI is InChI=1S/C15H23NO3/c1-4-5-6-13(17)11-16(2)10-12-7-8-14(18)15(9-12)19-3/h4,7-9,13,17-18H,1,5-6,10-11H2,2-3H3. The largest absolute Gasteiger partial charge is 0.504 e. The van der Waals surface area contributed by atoms with Gasteiger partial charge in [0.1, 0.15) is 0 Å². The van der Waals surface area contributed by atoms with Crippen LogP contribution in [0.2, 0.25) is 0 Å². The number of benzene rings is 1. The normalized spacial score (nSPS) is 12.4. The van der Waals surface area contributed by atoms with Crippen LogP contribution in [0.3, 0.4) is 0 Å². The van der Waals surface area contributed by atoms with Gasteiger partial charge in [-0.25, -0.2) is 0 Å². The number of rotatable bonds is 8. The van der Waals surface area contributed by atoms with Gasteiger partial charge in [-0.1, -0.05) is 12.1 Å². The van der Waals surface area contributed by atoms with Crippen molar-refractivity contribution in [3.63, 3.8) is 0 Å². The number of methoxy groups -OCH3 is 1. The molecule has 19 heavy (non-hydrogen) atoms. The van der Waals surface area contributed by atoms with Crippen LogP contribution in [0.5, 0.6) is 11.5 Å². The smallest absolute Gasteiger partial charge is 0.160 e. The first-order valence-corrected chi connectivity index (χ1v) is 6.40. The van der Waals surface area contributed by atoms with Gasteiger partial charge in [-0.05, 0) is 37.6 Å². The van der Waals surface area contributed by atoms with Crippen molar-refractivity contribution < 1.29 is 14.9 Å². The number of phenolic OH excluding ortho intramolecular Hbond substituents is 1. The van der Waals surface area contributed by atoms with Gasteiger partial charge in [0.25, 0.3) is 0 Å². The third-order valence-corrected chi connectivity index (χ3v) is 2.92. The van der Waals surface area contributed by atoms with Crippen LogP contribution in [0, 0.1) is 0 Å². The summed E-state index contributed by atoms with van der Waals surface area (Å²) in [7, 11) is 3.48. The molecular weight excluding hydrogens is 242 g/mol. The average molecular weight is 265 g/mol. The Morgan fingerprint density at radius 1 is 1.47 bits per heavy atom. The molecule has 0 aliphatic carbocycles. The summed E-state index contributed by atoms with van der Waals surface area (Å²) in [6.07, 6.45) is 3.02. The molecule has 0 saturated carbocycles. The molecule has 0 aromatic heterocycles. The monoisotopic (exact) mass is 265 g/mol. The van der Waals surface area contributed by atoms with Crippen molar-refractivity contribution in [3.05, 3.63) is 36.4 Å². The molecule has 106 valence electrons. The van der Waals surface area contributed by atoms with Crippen molar-refractivity contribution in [2.45, 2.75) is 25.5 Å². The van der Waals surface area contributed by atoms with E-state index in [0.29, 0.717) is 18.8 Å².